The molecule has 0 saturated carbocycles. The van der Waals surface area contributed by atoms with E-state index < -0.39 is 11.8 Å². The van der Waals surface area contributed by atoms with Crippen LogP contribution in [0.2, 0.25) is 0 Å². The first-order valence-corrected chi connectivity index (χ1v) is 10.2. The molecule has 160 valence electrons. The highest BCUT2D eigenvalue weighted by atomic mass is 16.7. The van der Waals surface area contributed by atoms with Gasteiger partial charge in [-0.05, 0) is 63.6 Å². The van der Waals surface area contributed by atoms with Crippen molar-refractivity contribution in [2.75, 3.05) is 0 Å². The van der Waals surface area contributed by atoms with Crippen LogP contribution in [-0.4, -0.2) is 21.8 Å². The van der Waals surface area contributed by atoms with Crippen molar-refractivity contribution in [3.63, 3.8) is 0 Å². The topological polar surface area (TPSA) is 98.9 Å². The molecule has 7 nitrogen and oxygen atoms in total. The summed E-state index contributed by atoms with van der Waals surface area (Å²) in [6.45, 7) is 9.45. The minimum Gasteiger partial charge on any atom is -0.483 e. The number of nitro groups is 1. The van der Waals surface area contributed by atoms with Gasteiger partial charge in [-0.15, -0.1) is 0 Å². The molecular formula is C22H31NO6. The third-order valence-electron chi connectivity index (χ3n) is 5.70. The van der Waals surface area contributed by atoms with E-state index in [1.54, 1.807) is 13.0 Å². The molecule has 0 aromatic heterocycles. The van der Waals surface area contributed by atoms with Gasteiger partial charge in [0, 0.05) is 18.1 Å². The average molecular weight is 405 g/mol. The van der Waals surface area contributed by atoms with Crippen LogP contribution in [0.4, 0.5) is 4.79 Å². The van der Waals surface area contributed by atoms with E-state index in [-0.39, 0.29) is 10.6 Å². The molecule has 1 aliphatic rings. The number of nitrogens with zero attached hydrogens (tertiary/aromatic N) is 1. The van der Waals surface area contributed by atoms with Gasteiger partial charge in [-0.1, -0.05) is 26.2 Å². The Morgan fingerprint density at radius 1 is 1.24 bits per heavy atom. The SMILES string of the molecule is CCCCCC/C(=C\C1(C)CCc2c(C)c(OC(=O)O)c(C)c(C)c2O1)[N+](=O)[O-]. The molecule has 1 aliphatic heterocycles. The Kier molecular flexibility index (Phi) is 7.27. The molecule has 1 aromatic rings. The van der Waals surface area contributed by atoms with Crippen LogP contribution in [0.25, 0.3) is 0 Å². The molecule has 0 spiro atoms. The second-order valence-corrected chi connectivity index (χ2v) is 8.00. The summed E-state index contributed by atoms with van der Waals surface area (Å²) in [5.41, 5.74) is 2.56. The summed E-state index contributed by atoms with van der Waals surface area (Å²) in [6.07, 6.45) is 5.87. The summed E-state index contributed by atoms with van der Waals surface area (Å²) in [5, 5.41) is 20.6. The number of carbonyl (C=O) groups is 1. The van der Waals surface area contributed by atoms with Crippen molar-refractivity contribution < 1.29 is 24.3 Å². The fourth-order valence-corrected chi connectivity index (χ4v) is 3.90. The number of hydrogen-bond acceptors (Lipinski definition) is 5. The largest absolute Gasteiger partial charge is 0.511 e. The standard InChI is InChI=1S/C22H31NO6/c1-6-7-8-9-10-17(23(26)27)13-22(5)12-11-18-16(4)19(28-21(24)25)14(2)15(3)20(18)29-22/h13H,6-12H2,1-5H3,(H,24,25)/b17-13+. The first kappa shape index (κ1) is 22.7. The lowest BCUT2D eigenvalue weighted by molar-refractivity contribution is -0.429. The summed E-state index contributed by atoms with van der Waals surface area (Å²) < 4.78 is 11.3. The molecule has 0 amide bonds. The van der Waals surface area contributed by atoms with Crippen LogP contribution in [0, 0.1) is 30.9 Å². The van der Waals surface area contributed by atoms with Gasteiger partial charge < -0.3 is 14.6 Å². The maximum Gasteiger partial charge on any atom is 0.511 e. The number of rotatable bonds is 8. The Morgan fingerprint density at radius 3 is 2.52 bits per heavy atom. The minimum atomic E-state index is -1.35. The normalized spacial score (nSPS) is 18.7. The Labute approximate surface area is 171 Å². The van der Waals surface area contributed by atoms with Gasteiger partial charge in [0.05, 0.1) is 4.92 Å². The fraction of sp³-hybridized carbons (Fsp3) is 0.591. The predicted molar refractivity (Wildman–Crippen MR) is 110 cm³/mol. The minimum absolute atomic E-state index is 0.198. The highest BCUT2D eigenvalue weighted by Gasteiger charge is 2.35. The molecule has 29 heavy (non-hydrogen) atoms. The number of ether oxygens (including phenoxy) is 2. The molecule has 2 rings (SSSR count). The lowest BCUT2D eigenvalue weighted by atomic mass is 9.86. The summed E-state index contributed by atoms with van der Waals surface area (Å²) in [4.78, 5) is 22.3. The number of hydrogen-bond donors (Lipinski definition) is 1. The van der Waals surface area contributed by atoms with Crippen molar-refractivity contribution in [3.8, 4) is 11.5 Å². The monoisotopic (exact) mass is 405 g/mol. The first-order valence-electron chi connectivity index (χ1n) is 10.2. The molecule has 0 saturated heterocycles. The Bertz CT molecular complexity index is 829. The van der Waals surface area contributed by atoms with Crippen LogP contribution in [0.1, 0.15) is 74.6 Å². The number of carboxylic acid groups (broad SMARTS) is 1. The fourth-order valence-electron chi connectivity index (χ4n) is 3.90. The van der Waals surface area contributed by atoms with Crippen LogP contribution >= 0.6 is 0 Å². The predicted octanol–water partition coefficient (Wildman–Crippen LogP) is 5.88. The zero-order chi connectivity index (χ0) is 21.8. The maximum absolute atomic E-state index is 11.6. The Hall–Kier alpha value is -2.57. The molecule has 1 aromatic carbocycles. The lowest BCUT2D eigenvalue weighted by Gasteiger charge is -2.36. The van der Waals surface area contributed by atoms with Crippen LogP contribution in [0.3, 0.4) is 0 Å². The lowest BCUT2D eigenvalue weighted by Crippen LogP contribution is -2.36. The molecule has 7 heteroatoms. The van der Waals surface area contributed by atoms with Crippen LogP contribution in [-0.2, 0) is 6.42 Å². The third kappa shape index (κ3) is 5.28. The highest BCUT2D eigenvalue weighted by molar-refractivity contribution is 5.67. The molecule has 0 bridgehead atoms. The summed E-state index contributed by atoms with van der Waals surface area (Å²) in [6, 6.07) is 0. The Balaban J connectivity index is 2.35. The maximum atomic E-state index is 11.6. The van der Waals surface area contributed by atoms with Crippen LogP contribution in [0.15, 0.2) is 11.8 Å². The van der Waals surface area contributed by atoms with Gasteiger partial charge in [-0.25, -0.2) is 4.79 Å². The van der Waals surface area contributed by atoms with Gasteiger partial charge in [0.15, 0.2) is 0 Å². The van der Waals surface area contributed by atoms with Gasteiger partial charge in [-0.3, -0.25) is 10.1 Å². The molecule has 1 unspecified atom stereocenters. The summed E-state index contributed by atoms with van der Waals surface area (Å²) in [7, 11) is 0. The number of fused-ring (bicyclic) bond motifs is 1. The molecule has 0 aliphatic carbocycles. The van der Waals surface area contributed by atoms with Gasteiger partial charge in [0.1, 0.15) is 17.1 Å². The van der Waals surface area contributed by atoms with E-state index in [1.165, 1.54) is 0 Å². The molecular weight excluding hydrogens is 374 g/mol. The highest BCUT2D eigenvalue weighted by Crippen LogP contribution is 2.44. The van der Waals surface area contributed by atoms with Crippen molar-refractivity contribution in [1.29, 1.82) is 0 Å². The average Bonchev–Trinajstić information content (AvgIpc) is 2.65. The van der Waals surface area contributed by atoms with E-state index in [4.69, 9.17) is 14.6 Å². The molecule has 1 N–H and O–H groups in total. The molecule has 0 radical (unpaired) electrons. The Morgan fingerprint density at radius 2 is 1.93 bits per heavy atom. The quantitative estimate of drug-likeness (QED) is 0.190. The molecule has 1 atom stereocenters. The van der Waals surface area contributed by atoms with Crippen molar-refractivity contribution in [2.24, 2.45) is 0 Å². The number of allylic oxidation sites excluding steroid dienone is 1. The van der Waals surface area contributed by atoms with E-state index in [0.717, 1.165) is 42.4 Å². The van der Waals surface area contributed by atoms with Gasteiger partial charge in [-0.2, -0.15) is 0 Å². The molecule has 0 fully saturated rings. The third-order valence-corrected chi connectivity index (χ3v) is 5.70. The summed E-state index contributed by atoms with van der Waals surface area (Å²) in [5.74, 6) is 1.02. The second-order valence-electron chi connectivity index (χ2n) is 8.00. The second kappa shape index (κ2) is 9.29. The van der Waals surface area contributed by atoms with Crippen molar-refractivity contribution >= 4 is 6.16 Å². The van der Waals surface area contributed by atoms with E-state index in [9.17, 15) is 14.9 Å². The molecule has 1 heterocycles. The zero-order valence-electron chi connectivity index (χ0n) is 18.0. The van der Waals surface area contributed by atoms with E-state index in [2.05, 4.69) is 6.92 Å². The van der Waals surface area contributed by atoms with Gasteiger partial charge in [0.25, 0.3) is 0 Å². The number of unbranched alkanes of at least 4 members (excludes halogenated alkanes) is 3. The van der Waals surface area contributed by atoms with Crippen molar-refractivity contribution in [1.82, 2.24) is 0 Å². The summed E-state index contributed by atoms with van der Waals surface area (Å²) >= 11 is 0. The first-order chi connectivity index (χ1) is 13.6. The van der Waals surface area contributed by atoms with Gasteiger partial charge in [0.2, 0.25) is 5.70 Å². The van der Waals surface area contributed by atoms with E-state index in [1.807, 2.05) is 20.8 Å². The van der Waals surface area contributed by atoms with E-state index >= 15 is 0 Å². The smallest absolute Gasteiger partial charge is 0.483 e. The van der Waals surface area contributed by atoms with Crippen molar-refractivity contribution in [3.05, 3.63) is 44.1 Å². The zero-order valence-corrected chi connectivity index (χ0v) is 18.0. The van der Waals surface area contributed by atoms with Crippen LogP contribution < -0.4 is 9.47 Å². The van der Waals surface area contributed by atoms with E-state index in [0.29, 0.717) is 36.3 Å². The van der Waals surface area contributed by atoms with Crippen molar-refractivity contribution in [2.45, 2.75) is 85.2 Å². The van der Waals surface area contributed by atoms with Gasteiger partial charge >= 0.3 is 6.16 Å². The number of benzene rings is 1. The van der Waals surface area contributed by atoms with Crippen LogP contribution in [0.5, 0.6) is 11.5 Å².